The van der Waals surface area contributed by atoms with Gasteiger partial charge in [0.2, 0.25) is 11.0 Å². The van der Waals surface area contributed by atoms with Gasteiger partial charge in [-0.1, -0.05) is 30.4 Å². The van der Waals surface area contributed by atoms with Gasteiger partial charge in [0.1, 0.15) is 10.8 Å². The fourth-order valence-electron chi connectivity index (χ4n) is 4.19. The van der Waals surface area contributed by atoms with Crippen LogP contribution in [0.3, 0.4) is 0 Å². The molecule has 150 valence electrons. The van der Waals surface area contributed by atoms with Crippen LogP contribution in [0.25, 0.3) is 0 Å². The van der Waals surface area contributed by atoms with E-state index in [0.29, 0.717) is 18.2 Å². The highest BCUT2D eigenvalue weighted by Gasteiger charge is 2.31. The number of likely N-dealkylation sites (tertiary alicyclic amines) is 1. The number of amides is 1. The van der Waals surface area contributed by atoms with E-state index in [-0.39, 0.29) is 11.7 Å². The summed E-state index contributed by atoms with van der Waals surface area (Å²) >= 11 is 1.59. The van der Waals surface area contributed by atoms with Crippen LogP contribution in [0.5, 0.6) is 0 Å². The lowest BCUT2D eigenvalue weighted by atomic mass is 9.93. The van der Waals surface area contributed by atoms with E-state index in [2.05, 4.69) is 26.9 Å². The minimum absolute atomic E-state index is 0.146. The van der Waals surface area contributed by atoms with Gasteiger partial charge < -0.3 is 9.80 Å². The zero-order valence-electron chi connectivity index (χ0n) is 16.3. The van der Waals surface area contributed by atoms with E-state index in [1.54, 1.807) is 23.5 Å². The van der Waals surface area contributed by atoms with Gasteiger partial charge >= 0.3 is 0 Å². The average Bonchev–Trinajstić information content (AvgIpc) is 3.18. The topological polar surface area (TPSA) is 49.3 Å². The summed E-state index contributed by atoms with van der Waals surface area (Å²) in [6, 6.07) is 6.52. The maximum Gasteiger partial charge on any atom is 0.225 e. The molecule has 0 radical (unpaired) electrons. The number of nitrogens with zero attached hydrogens (tertiary/aromatic N) is 4. The molecular formula is C21H27FN4OS. The van der Waals surface area contributed by atoms with Crippen LogP contribution in [0.2, 0.25) is 0 Å². The zero-order valence-corrected chi connectivity index (χ0v) is 17.1. The Morgan fingerprint density at radius 1 is 1.14 bits per heavy atom. The quantitative estimate of drug-likeness (QED) is 0.782. The number of halogens is 1. The first kappa shape index (κ1) is 19.3. The van der Waals surface area contributed by atoms with Crippen molar-refractivity contribution in [3.63, 3.8) is 0 Å². The summed E-state index contributed by atoms with van der Waals surface area (Å²) in [4.78, 5) is 17.2. The van der Waals surface area contributed by atoms with Gasteiger partial charge in [0.25, 0.3) is 0 Å². The fourth-order valence-corrected chi connectivity index (χ4v) is 5.11. The first-order chi connectivity index (χ1) is 13.6. The van der Waals surface area contributed by atoms with Crippen LogP contribution >= 0.6 is 11.3 Å². The van der Waals surface area contributed by atoms with E-state index < -0.39 is 0 Å². The predicted molar refractivity (Wildman–Crippen MR) is 109 cm³/mol. The third kappa shape index (κ3) is 4.51. The molecule has 3 heterocycles. The molecule has 1 amide bonds. The summed E-state index contributed by atoms with van der Waals surface area (Å²) in [5.41, 5.74) is 1.03. The minimum atomic E-state index is -0.224. The highest BCUT2D eigenvalue weighted by atomic mass is 32.1. The third-order valence-electron chi connectivity index (χ3n) is 5.81. The highest BCUT2D eigenvalue weighted by molar-refractivity contribution is 7.15. The Balaban J connectivity index is 1.31. The number of benzene rings is 1. The molecule has 7 heteroatoms. The summed E-state index contributed by atoms with van der Waals surface area (Å²) in [6.45, 7) is 5.78. The number of piperidine rings is 2. The number of aromatic nitrogens is 2. The van der Waals surface area contributed by atoms with Crippen molar-refractivity contribution in [2.24, 2.45) is 11.8 Å². The van der Waals surface area contributed by atoms with E-state index in [4.69, 9.17) is 0 Å². The summed E-state index contributed by atoms with van der Waals surface area (Å²) in [5, 5.41) is 10.5. The van der Waals surface area contributed by atoms with Gasteiger partial charge in [-0.2, -0.15) is 0 Å². The summed E-state index contributed by atoms with van der Waals surface area (Å²) in [7, 11) is 0. The smallest absolute Gasteiger partial charge is 0.225 e. The average molecular weight is 403 g/mol. The summed E-state index contributed by atoms with van der Waals surface area (Å²) < 4.78 is 13.0. The maximum absolute atomic E-state index is 13.0. The number of carbonyl (C=O) groups excluding carboxylic acids is 1. The van der Waals surface area contributed by atoms with Gasteiger partial charge in [0.05, 0.1) is 0 Å². The predicted octanol–water partition coefficient (Wildman–Crippen LogP) is 3.74. The second-order valence-electron chi connectivity index (χ2n) is 8.07. The van der Waals surface area contributed by atoms with Crippen LogP contribution < -0.4 is 4.90 Å². The van der Waals surface area contributed by atoms with Crippen molar-refractivity contribution < 1.29 is 9.18 Å². The Bertz CT molecular complexity index is 801. The Kier molecular flexibility index (Phi) is 5.90. The van der Waals surface area contributed by atoms with Crippen molar-refractivity contribution in [3.8, 4) is 0 Å². The number of rotatable bonds is 4. The zero-order chi connectivity index (χ0) is 19.5. The van der Waals surface area contributed by atoms with Gasteiger partial charge in [-0.05, 0) is 49.3 Å². The Morgan fingerprint density at radius 2 is 1.89 bits per heavy atom. The SMILES string of the molecule is CC1CCCN(C(=O)C2CCN(c3nnc(Cc4ccc(F)cc4)s3)CC2)C1. The van der Waals surface area contributed by atoms with Crippen molar-refractivity contribution in [1.82, 2.24) is 15.1 Å². The lowest BCUT2D eigenvalue weighted by Gasteiger charge is -2.37. The maximum atomic E-state index is 13.0. The molecular weight excluding hydrogens is 375 g/mol. The number of hydrogen-bond acceptors (Lipinski definition) is 5. The molecule has 0 bridgehead atoms. The molecule has 2 aliphatic rings. The van der Waals surface area contributed by atoms with E-state index >= 15 is 0 Å². The highest BCUT2D eigenvalue weighted by Crippen LogP contribution is 2.29. The summed E-state index contributed by atoms with van der Waals surface area (Å²) in [6.07, 6.45) is 4.81. The normalized spacial score (nSPS) is 21.1. The number of hydrogen-bond donors (Lipinski definition) is 0. The molecule has 2 saturated heterocycles. The number of carbonyl (C=O) groups is 1. The largest absolute Gasteiger partial charge is 0.347 e. The molecule has 0 saturated carbocycles. The van der Waals surface area contributed by atoms with Crippen LogP contribution in [0.4, 0.5) is 9.52 Å². The molecule has 1 atom stereocenters. The van der Waals surface area contributed by atoms with Crippen molar-refractivity contribution >= 4 is 22.4 Å². The molecule has 0 spiro atoms. The van der Waals surface area contributed by atoms with Crippen molar-refractivity contribution in [3.05, 3.63) is 40.7 Å². The minimum Gasteiger partial charge on any atom is -0.347 e. The van der Waals surface area contributed by atoms with Gasteiger partial charge in [-0.25, -0.2) is 4.39 Å². The fraction of sp³-hybridized carbons (Fsp3) is 0.571. The van der Waals surface area contributed by atoms with E-state index in [9.17, 15) is 9.18 Å². The first-order valence-corrected chi connectivity index (χ1v) is 11.0. The molecule has 0 N–H and O–H groups in total. The molecule has 2 fully saturated rings. The third-order valence-corrected chi connectivity index (χ3v) is 6.79. The molecule has 1 unspecified atom stereocenters. The van der Waals surface area contributed by atoms with Crippen molar-refractivity contribution in [2.45, 2.75) is 39.0 Å². The number of anilines is 1. The van der Waals surface area contributed by atoms with Gasteiger partial charge in [0.15, 0.2) is 0 Å². The Morgan fingerprint density at radius 3 is 2.61 bits per heavy atom. The standard InChI is InChI=1S/C21H27FN4OS/c1-15-3-2-10-26(14-15)20(27)17-8-11-25(12-9-17)21-24-23-19(28-21)13-16-4-6-18(22)7-5-16/h4-7,15,17H,2-3,8-14H2,1H3. The van der Waals surface area contributed by atoms with Crippen LogP contribution in [-0.4, -0.2) is 47.2 Å². The van der Waals surface area contributed by atoms with Gasteiger partial charge in [-0.3, -0.25) is 4.79 Å². The van der Waals surface area contributed by atoms with E-state index in [1.807, 2.05) is 0 Å². The Hall–Kier alpha value is -2.02. The van der Waals surface area contributed by atoms with E-state index in [1.165, 1.54) is 18.6 Å². The molecule has 2 aromatic rings. The van der Waals surface area contributed by atoms with Crippen molar-refractivity contribution in [1.29, 1.82) is 0 Å². The summed E-state index contributed by atoms with van der Waals surface area (Å²) in [5.74, 6) is 0.894. The molecule has 1 aromatic carbocycles. The lowest BCUT2D eigenvalue weighted by Crippen LogP contribution is -2.46. The molecule has 1 aromatic heterocycles. The Labute approximate surface area is 169 Å². The van der Waals surface area contributed by atoms with Crippen LogP contribution in [0.15, 0.2) is 24.3 Å². The van der Waals surface area contributed by atoms with E-state index in [0.717, 1.165) is 61.1 Å². The molecule has 0 aliphatic carbocycles. The lowest BCUT2D eigenvalue weighted by molar-refractivity contribution is -0.137. The monoisotopic (exact) mass is 402 g/mol. The first-order valence-electron chi connectivity index (χ1n) is 10.2. The second-order valence-corrected chi connectivity index (χ2v) is 9.12. The van der Waals surface area contributed by atoms with Crippen molar-refractivity contribution in [2.75, 3.05) is 31.1 Å². The molecule has 28 heavy (non-hydrogen) atoms. The molecule has 5 nitrogen and oxygen atoms in total. The molecule has 2 aliphatic heterocycles. The van der Waals surface area contributed by atoms with Gasteiger partial charge in [0, 0.05) is 38.5 Å². The second kappa shape index (κ2) is 8.55. The van der Waals surface area contributed by atoms with Crippen LogP contribution in [0, 0.1) is 17.7 Å². The van der Waals surface area contributed by atoms with Gasteiger partial charge in [-0.15, -0.1) is 10.2 Å². The van der Waals surface area contributed by atoms with Crippen LogP contribution in [-0.2, 0) is 11.2 Å². The molecule has 4 rings (SSSR count). The van der Waals surface area contributed by atoms with Crippen LogP contribution in [0.1, 0.15) is 43.2 Å².